The SMILES string of the molecule is CC[C@@H]1NCCC1=O. The zero-order chi connectivity index (χ0) is 5.98. The highest BCUT2D eigenvalue weighted by Crippen LogP contribution is 2.02. The second kappa shape index (κ2) is 2.27. The first-order valence-electron chi connectivity index (χ1n) is 3.10. The van der Waals surface area contributed by atoms with Gasteiger partial charge in [-0.15, -0.1) is 0 Å². The van der Waals surface area contributed by atoms with Crippen LogP contribution in [0.25, 0.3) is 0 Å². The van der Waals surface area contributed by atoms with Gasteiger partial charge in [-0.1, -0.05) is 6.92 Å². The van der Waals surface area contributed by atoms with E-state index in [-0.39, 0.29) is 6.04 Å². The monoisotopic (exact) mass is 113 g/mol. The summed E-state index contributed by atoms with van der Waals surface area (Å²) in [6.07, 6.45) is 1.68. The van der Waals surface area contributed by atoms with Gasteiger partial charge in [0.2, 0.25) is 0 Å². The Kier molecular flexibility index (Phi) is 1.63. The Bertz CT molecular complexity index is 101. The van der Waals surface area contributed by atoms with Gasteiger partial charge in [0, 0.05) is 13.0 Å². The van der Waals surface area contributed by atoms with Crippen LogP contribution in [0.2, 0.25) is 0 Å². The summed E-state index contributed by atoms with van der Waals surface area (Å²) in [5.41, 5.74) is 0. The molecule has 0 unspecified atom stereocenters. The molecule has 1 N–H and O–H groups in total. The third-order valence-corrected chi connectivity index (χ3v) is 1.56. The van der Waals surface area contributed by atoms with Crippen molar-refractivity contribution < 1.29 is 4.79 Å². The molecule has 1 atom stereocenters. The van der Waals surface area contributed by atoms with Crippen LogP contribution in [0.3, 0.4) is 0 Å². The fourth-order valence-electron chi connectivity index (χ4n) is 1.03. The second-order valence-electron chi connectivity index (χ2n) is 2.13. The Morgan fingerprint density at radius 3 is 2.88 bits per heavy atom. The Morgan fingerprint density at radius 1 is 1.88 bits per heavy atom. The van der Waals surface area contributed by atoms with Gasteiger partial charge in [0.05, 0.1) is 6.04 Å². The van der Waals surface area contributed by atoms with Crippen molar-refractivity contribution in [2.45, 2.75) is 25.8 Å². The molecule has 0 aromatic carbocycles. The third-order valence-electron chi connectivity index (χ3n) is 1.56. The van der Waals surface area contributed by atoms with Crippen LogP contribution in [0.4, 0.5) is 0 Å². The molecule has 0 saturated carbocycles. The quantitative estimate of drug-likeness (QED) is 0.531. The maximum atomic E-state index is 10.7. The van der Waals surface area contributed by atoms with E-state index < -0.39 is 0 Å². The van der Waals surface area contributed by atoms with Crippen molar-refractivity contribution in [1.29, 1.82) is 0 Å². The van der Waals surface area contributed by atoms with E-state index in [2.05, 4.69) is 5.32 Å². The summed E-state index contributed by atoms with van der Waals surface area (Å²) in [5, 5.41) is 3.11. The van der Waals surface area contributed by atoms with E-state index >= 15 is 0 Å². The fraction of sp³-hybridized carbons (Fsp3) is 0.833. The van der Waals surface area contributed by atoms with E-state index in [1.165, 1.54) is 0 Å². The van der Waals surface area contributed by atoms with E-state index in [1.807, 2.05) is 6.92 Å². The van der Waals surface area contributed by atoms with Crippen LogP contribution in [0, 0.1) is 0 Å². The standard InChI is InChI=1S/C6H11NO/c1-2-5-6(8)3-4-7-5/h5,7H,2-4H2,1H3/t5-/m0/s1. The summed E-state index contributed by atoms with van der Waals surface area (Å²) in [6.45, 7) is 2.91. The molecular weight excluding hydrogens is 102 g/mol. The number of carbonyl (C=O) groups is 1. The third kappa shape index (κ3) is 0.892. The van der Waals surface area contributed by atoms with Gasteiger partial charge in [0.1, 0.15) is 0 Å². The molecule has 2 heteroatoms. The van der Waals surface area contributed by atoms with Gasteiger partial charge < -0.3 is 5.32 Å². The molecule has 8 heavy (non-hydrogen) atoms. The summed E-state index contributed by atoms with van der Waals surface area (Å²) >= 11 is 0. The van der Waals surface area contributed by atoms with Crippen LogP contribution in [0.5, 0.6) is 0 Å². The fourth-order valence-corrected chi connectivity index (χ4v) is 1.03. The predicted molar refractivity (Wildman–Crippen MR) is 31.7 cm³/mol. The van der Waals surface area contributed by atoms with Gasteiger partial charge in [-0.05, 0) is 6.42 Å². The van der Waals surface area contributed by atoms with Crippen LogP contribution < -0.4 is 5.32 Å². The summed E-state index contributed by atoms with van der Waals surface area (Å²) in [4.78, 5) is 10.7. The minimum absolute atomic E-state index is 0.176. The molecule has 0 bridgehead atoms. The van der Waals surface area contributed by atoms with Crippen LogP contribution >= 0.6 is 0 Å². The van der Waals surface area contributed by atoms with E-state index in [0.29, 0.717) is 5.78 Å². The number of Topliss-reactive ketones (excluding diaryl/α,β-unsaturated/α-hetero) is 1. The molecule has 46 valence electrons. The first-order chi connectivity index (χ1) is 3.84. The average Bonchev–Trinajstić information content (AvgIpc) is 2.14. The van der Waals surface area contributed by atoms with Crippen molar-refractivity contribution in [1.82, 2.24) is 5.32 Å². The molecule has 0 aromatic heterocycles. The van der Waals surface area contributed by atoms with Crippen molar-refractivity contribution in [3.63, 3.8) is 0 Å². The van der Waals surface area contributed by atoms with Gasteiger partial charge in [0.15, 0.2) is 5.78 Å². The summed E-state index contributed by atoms with van der Waals surface area (Å²) in [7, 11) is 0. The zero-order valence-corrected chi connectivity index (χ0v) is 5.11. The Hall–Kier alpha value is -0.370. The Morgan fingerprint density at radius 2 is 2.62 bits per heavy atom. The lowest BCUT2D eigenvalue weighted by Gasteiger charge is -2.01. The van der Waals surface area contributed by atoms with Gasteiger partial charge in [0.25, 0.3) is 0 Å². The maximum Gasteiger partial charge on any atom is 0.150 e. The highest BCUT2D eigenvalue weighted by Gasteiger charge is 2.20. The van der Waals surface area contributed by atoms with Crippen LogP contribution in [-0.4, -0.2) is 18.4 Å². The number of nitrogens with one attached hydrogen (secondary N) is 1. The lowest BCUT2D eigenvalue weighted by Crippen LogP contribution is -2.25. The first-order valence-corrected chi connectivity index (χ1v) is 3.10. The number of ketones is 1. The van der Waals surface area contributed by atoms with Crippen molar-refractivity contribution in [3.05, 3.63) is 0 Å². The molecule has 1 saturated heterocycles. The van der Waals surface area contributed by atoms with Gasteiger partial charge in [-0.3, -0.25) is 4.79 Å². The van der Waals surface area contributed by atoms with E-state index in [0.717, 1.165) is 19.4 Å². The normalized spacial score (nSPS) is 29.1. The van der Waals surface area contributed by atoms with E-state index in [1.54, 1.807) is 0 Å². The lowest BCUT2D eigenvalue weighted by molar-refractivity contribution is -0.118. The first kappa shape index (κ1) is 5.76. The number of rotatable bonds is 1. The Balaban J connectivity index is 2.42. The predicted octanol–water partition coefficient (Wildman–Crippen LogP) is 0.327. The van der Waals surface area contributed by atoms with Crippen molar-refractivity contribution >= 4 is 5.78 Å². The smallest absolute Gasteiger partial charge is 0.150 e. The minimum atomic E-state index is 0.176. The van der Waals surface area contributed by atoms with Crippen LogP contribution in [0.15, 0.2) is 0 Å². The molecule has 0 radical (unpaired) electrons. The molecule has 1 aliphatic rings. The molecular formula is C6H11NO. The maximum absolute atomic E-state index is 10.7. The van der Waals surface area contributed by atoms with Crippen molar-refractivity contribution in [3.8, 4) is 0 Å². The molecule has 1 rings (SSSR count). The van der Waals surface area contributed by atoms with Gasteiger partial charge in [-0.2, -0.15) is 0 Å². The zero-order valence-electron chi connectivity index (χ0n) is 5.11. The number of hydrogen-bond acceptors (Lipinski definition) is 2. The summed E-state index contributed by atoms with van der Waals surface area (Å²) in [6, 6.07) is 0.176. The number of carbonyl (C=O) groups excluding carboxylic acids is 1. The highest BCUT2D eigenvalue weighted by molar-refractivity contribution is 5.85. The van der Waals surface area contributed by atoms with Crippen molar-refractivity contribution in [2.24, 2.45) is 0 Å². The van der Waals surface area contributed by atoms with Crippen molar-refractivity contribution in [2.75, 3.05) is 6.54 Å². The molecule has 0 amide bonds. The minimum Gasteiger partial charge on any atom is -0.307 e. The summed E-state index contributed by atoms with van der Waals surface area (Å²) in [5.74, 6) is 0.382. The summed E-state index contributed by atoms with van der Waals surface area (Å²) < 4.78 is 0. The highest BCUT2D eigenvalue weighted by atomic mass is 16.1. The molecule has 0 spiro atoms. The van der Waals surface area contributed by atoms with Gasteiger partial charge >= 0.3 is 0 Å². The molecule has 0 aliphatic carbocycles. The van der Waals surface area contributed by atoms with E-state index in [4.69, 9.17) is 0 Å². The lowest BCUT2D eigenvalue weighted by atomic mass is 10.2. The average molecular weight is 113 g/mol. The largest absolute Gasteiger partial charge is 0.307 e. The Labute approximate surface area is 49.3 Å². The molecule has 1 heterocycles. The van der Waals surface area contributed by atoms with E-state index in [9.17, 15) is 4.79 Å². The molecule has 0 aromatic rings. The van der Waals surface area contributed by atoms with Crippen LogP contribution in [0.1, 0.15) is 19.8 Å². The second-order valence-corrected chi connectivity index (χ2v) is 2.13. The van der Waals surface area contributed by atoms with Crippen LogP contribution in [-0.2, 0) is 4.79 Å². The topological polar surface area (TPSA) is 29.1 Å². The number of hydrogen-bond donors (Lipinski definition) is 1. The molecule has 1 aliphatic heterocycles. The molecule has 1 fully saturated rings. The van der Waals surface area contributed by atoms with Gasteiger partial charge in [-0.25, -0.2) is 0 Å². The molecule has 2 nitrogen and oxygen atoms in total.